The van der Waals surface area contributed by atoms with Gasteiger partial charge in [-0.3, -0.25) is 15.3 Å². The van der Waals surface area contributed by atoms with Crippen LogP contribution in [0.1, 0.15) is 34.9 Å². The smallest absolute Gasteiger partial charge is 0.0790 e. The molecule has 0 amide bonds. The molecule has 0 atom stereocenters. The van der Waals surface area contributed by atoms with E-state index in [0.717, 1.165) is 27.9 Å². The van der Waals surface area contributed by atoms with Crippen LogP contribution in [0.15, 0.2) is 42.5 Å². The van der Waals surface area contributed by atoms with Crippen molar-refractivity contribution in [3.05, 3.63) is 70.4 Å². The Balaban J connectivity index is 2.36. The molecular weight excluding hydrogens is 320 g/mol. The van der Waals surface area contributed by atoms with Gasteiger partial charge in [0.1, 0.15) is 0 Å². The van der Waals surface area contributed by atoms with Gasteiger partial charge in [0.25, 0.3) is 0 Å². The van der Waals surface area contributed by atoms with Crippen LogP contribution in [0.3, 0.4) is 0 Å². The SMILES string of the molecule is CC=C(NOC)c1cc(C)nc2c(-c3c(C)cc(C)cc3C)cccc12. The molecule has 0 fully saturated rings. The summed E-state index contributed by atoms with van der Waals surface area (Å²) < 4.78 is 0. The second kappa shape index (κ2) is 7.30. The molecule has 0 radical (unpaired) electrons. The van der Waals surface area contributed by atoms with E-state index in [0.29, 0.717) is 0 Å². The monoisotopic (exact) mass is 346 g/mol. The summed E-state index contributed by atoms with van der Waals surface area (Å²) >= 11 is 0. The van der Waals surface area contributed by atoms with Crippen molar-refractivity contribution in [1.82, 2.24) is 10.5 Å². The largest absolute Gasteiger partial charge is 0.279 e. The third-order valence-corrected chi connectivity index (χ3v) is 4.70. The molecule has 0 saturated carbocycles. The van der Waals surface area contributed by atoms with E-state index in [-0.39, 0.29) is 0 Å². The fourth-order valence-electron chi connectivity index (χ4n) is 3.79. The van der Waals surface area contributed by atoms with Gasteiger partial charge in [0.05, 0.1) is 18.3 Å². The van der Waals surface area contributed by atoms with Crippen LogP contribution >= 0.6 is 0 Å². The van der Waals surface area contributed by atoms with Crippen LogP contribution in [0.5, 0.6) is 0 Å². The summed E-state index contributed by atoms with van der Waals surface area (Å²) in [7, 11) is 1.63. The molecule has 0 aliphatic heterocycles. The van der Waals surface area contributed by atoms with E-state index in [1.165, 1.54) is 27.8 Å². The predicted molar refractivity (Wildman–Crippen MR) is 110 cm³/mol. The van der Waals surface area contributed by atoms with Crippen LogP contribution < -0.4 is 5.48 Å². The molecule has 1 aromatic heterocycles. The van der Waals surface area contributed by atoms with Crippen molar-refractivity contribution in [3.63, 3.8) is 0 Å². The summed E-state index contributed by atoms with van der Waals surface area (Å²) in [4.78, 5) is 10.1. The normalized spacial score (nSPS) is 11.8. The molecule has 0 saturated heterocycles. The summed E-state index contributed by atoms with van der Waals surface area (Å²) in [5.74, 6) is 0. The lowest BCUT2D eigenvalue weighted by atomic mass is 9.91. The lowest BCUT2D eigenvalue weighted by Gasteiger charge is -2.17. The minimum atomic E-state index is 0.942. The lowest BCUT2D eigenvalue weighted by molar-refractivity contribution is 0.136. The second-order valence-corrected chi connectivity index (χ2v) is 6.80. The number of fused-ring (bicyclic) bond motifs is 1. The Bertz CT molecular complexity index is 980. The van der Waals surface area contributed by atoms with E-state index < -0.39 is 0 Å². The summed E-state index contributed by atoms with van der Waals surface area (Å²) in [6.45, 7) is 10.5. The average Bonchev–Trinajstić information content (AvgIpc) is 2.58. The number of allylic oxidation sites excluding steroid dienone is 1. The zero-order valence-corrected chi connectivity index (χ0v) is 16.4. The van der Waals surface area contributed by atoms with Crippen LogP contribution in [0.25, 0.3) is 27.7 Å². The van der Waals surface area contributed by atoms with Gasteiger partial charge in [-0.25, -0.2) is 0 Å². The fraction of sp³-hybridized carbons (Fsp3) is 0.261. The molecule has 0 aliphatic rings. The Labute approximate surface area is 155 Å². The van der Waals surface area contributed by atoms with E-state index in [2.05, 4.69) is 62.6 Å². The number of aromatic nitrogens is 1. The molecular formula is C23H26N2O. The third-order valence-electron chi connectivity index (χ3n) is 4.70. The molecule has 26 heavy (non-hydrogen) atoms. The van der Waals surface area contributed by atoms with Gasteiger partial charge in [-0.05, 0) is 57.4 Å². The maximum atomic E-state index is 5.17. The van der Waals surface area contributed by atoms with Crippen molar-refractivity contribution >= 4 is 16.6 Å². The first-order valence-corrected chi connectivity index (χ1v) is 8.90. The van der Waals surface area contributed by atoms with Gasteiger partial charge in [0.15, 0.2) is 0 Å². The van der Waals surface area contributed by atoms with Crippen LogP contribution in [0.4, 0.5) is 0 Å². The Morgan fingerprint density at radius 1 is 1.04 bits per heavy atom. The van der Waals surface area contributed by atoms with Gasteiger partial charge in [0.2, 0.25) is 0 Å². The maximum absolute atomic E-state index is 5.17. The highest BCUT2D eigenvalue weighted by molar-refractivity contribution is 6.00. The van der Waals surface area contributed by atoms with Crippen molar-refractivity contribution in [3.8, 4) is 11.1 Å². The number of rotatable bonds is 4. The van der Waals surface area contributed by atoms with Crippen molar-refractivity contribution in [2.45, 2.75) is 34.6 Å². The molecule has 3 nitrogen and oxygen atoms in total. The number of benzene rings is 2. The van der Waals surface area contributed by atoms with Crippen molar-refractivity contribution < 1.29 is 4.84 Å². The molecule has 3 rings (SSSR count). The second-order valence-electron chi connectivity index (χ2n) is 6.80. The molecule has 134 valence electrons. The highest BCUT2D eigenvalue weighted by Gasteiger charge is 2.15. The number of para-hydroxylation sites is 1. The van der Waals surface area contributed by atoms with Gasteiger partial charge >= 0.3 is 0 Å². The molecule has 1 N–H and O–H groups in total. The first kappa shape index (κ1) is 18.2. The Morgan fingerprint density at radius 3 is 2.35 bits per heavy atom. The van der Waals surface area contributed by atoms with Crippen LogP contribution in [-0.2, 0) is 4.84 Å². The van der Waals surface area contributed by atoms with Crippen molar-refractivity contribution in [1.29, 1.82) is 0 Å². The Kier molecular flexibility index (Phi) is 5.10. The summed E-state index contributed by atoms with van der Waals surface area (Å²) in [5, 5.41) is 1.12. The zero-order valence-electron chi connectivity index (χ0n) is 16.4. The topological polar surface area (TPSA) is 34.1 Å². The highest BCUT2D eigenvalue weighted by atomic mass is 16.6. The summed E-state index contributed by atoms with van der Waals surface area (Å²) in [6.07, 6.45) is 2.02. The number of nitrogens with zero attached hydrogens (tertiary/aromatic N) is 1. The van der Waals surface area contributed by atoms with E-state index in [9.17, 15) is 0 Å². The van der Waals surface area contributed by atoms with Crippen LogP contribution in [0.2, 0.25) is 0 Å². The predicted octanol–water partition coefficient (Wildman–Crippen LogP) is 5.65. The lowest BCUT2D eigenvalue weighted by Crippen LogP contribution is -2.10. The standard InChI is InChI=1S/C23H26N2O/c1-7-21(25-26-6)20-13-17(5)24-23-18(20)9-8-10-19(23)22-15(3)11-14(2)12-16(22)4/h7-13,25H,1-6H3. The Hall–Kier alpha value is -2.65. The van der Waals surface area contributed by atoms with Crippen molar-refractivity contribution in [2.75, 3.05) is 7.11 Å². The first-order valence-electron chi connectivity index (χ1n) is 8.90. The van der Waals surface area contributed by atoms with Crippen molar-refractivity contribution in [2.24, 2.45) is 0 Å². The van der Waals surface area contributed by atoms with Crippen LogP contribution in [-0.4, -0.2) is 12.1 Å². The molecule has 0 aliphatic carbocycles. The maximum Gasteiger partial charge on any atom is 0.0790 e. The fourth-order valence-corrected chi connectivity index (χ4v) is 3.79. The van der Waals surface area contributed by atoms with E-state index in [1.54, 1.807) is 7.11 Å². The zero-order chi connectivity index (χ0) is 18.8. The van der Waals surface area contributed by atoms with Gasteiger partial charge in [-0.1, -0.05) is 42.0 Å². The quantitative estimate of drug-likeness (QED) is 0.620. The third kappa shape index (κ3) is 3.23. The van der Waals surface area contributed by atoms with E-state index >= 15 is 0 Å². The van der Waals surface area contributed by atoms with Gasteiger partial charge < -0.3 is 0 Å². The minimum absolute atomic E-state index is 0.942. The molecule has 0 bridgehead atoms. The number of pyridine rings is 1. The molecule has 2 aromatic carbocycles. The molecule has 1 heterocycles. The number of aryl methyl sites for hydroxylation is 4. The van der Waals surface area contributed by atoms with Gasteiger partial charge in [-0.2, -0.15) is 0 Å². The number of hydroxylamine groups is 1. The van der Waals surface area contributed by atoms with E-state index in [4.69, 9.17) is 9.82 Å². The average molecular weight is 346 g/mol. The number of hydrogen-bond donors (Lipinski definition) is 1. The summed E-state index contributed by atoms with van der Waals surface area (Å²) in [6, 6.07) is 13.0. The first-order chi connectivity index (χ1) is 12.5. The molecule has 0 spiro atoms. The molecule has 3 aromatic rings. The molecule has 0 unspecified atom stereocenters. The van der Waals surface area contributed by atoms with Crippen LogP contribution in [0, 0.1) is 27.7 Å². The highest BCUT2D eigenvalue weighted by Crippen LogP contribution is 2.35. The Morgan fingerprint density at radius 2 is 1.73 bits per heavy atom. The summed E-state index contributed by atoms with van der Waals surface area (Å²) in [5.41, 5.74) is 13.3. The number of nitrogens with one attached hydrogen (secondary N) is 1. The molecule has 3 heteroatoms. The van der Waals surface area contributed by atoms with E-state index in [1.807, 2.05) is 19.9 Å². The number of hydrogen-bond acceptors (Lipinski definition) is 3. The van der Waals surface area contributed by atoms with Gasteiger partial charge in [-0.15, -0.1) is 0 Å². The minimum Gasteiger partial charge on any atom is -0.279 e. The van der Waals surface area contributed by atoms with Gasteiger partial charge in [0, 0.05) is 22.2 Å².